The van der Waals surface area contributed by atoms with Crippen LogP contribution in [0.15, 0.2) is 48.5 Å². The second-order valence-corrected chi connectivity index (χ2v) is 7.70. The minimum Gasteiger partial charge on any atom is -0.326 e. The van der Waals surface area contributed by atoms with Crippen molar-refractivity contribution >= 4 is 0 Å². The Kier molecular flexibility index (Phi) is 4.43. The normalized spacial score (nSPS) is 26.7. The van der Waals surface area contributed by atoms with Crippen LogP contribution in [0.25, 0.3) is 11.1 Å². The van der Waals surface area contributed by atoms with Crippen LogP contribution >= 0.6 is 0 Å². The minimum absolute atomic E-state index is 0.603. The van der Waals surface area contributed by atoms with E-state index in [0.717, 1.165) is 18.0 Å². The van der Waals surface area contributed by atoms with Crippen molar-refractivity contribution < 1.29 is 0 Å². The highest BCUT2D eigenvalue weighted by Crippen LogP contribution is 2.38. The molecule has 2 bridgehead atoms. The van der Waals surface area contributed by atoms with E-state index in [-0.39, 0.29) is 0 Å². The van der Waals surface area contributed by atoms with E-state index in [1.807, 2.05) is 0 Å². The van der Waals surface area contributed by atoms with Gasteiger partial charge in [-0.25, -0.2) is 0 Å². The maximum Gasteiger partial charge on any atom is 0.0178 e. The average molecular weight is 320 g/mol. The van der Waals surface area contributed by atoms with Crippen LogP contribution in [0.3, 0.4) is 0 Å². The molecule has 24 heavy (non-hydrogen) atoms. The van der Waals surface area contributed by atoms with Crippen molar-refractivity contribution in [2.75, 3.05) is 7.05 Å². The molecule has 0 spiro atoms. The summed E-state index contributed by atoms with van der Waals surface area (Å²) >= 11 is 0. The summed E-state index contributed by atoms with van der Waals surface area (Å²) in [6.07, 6.45) is 6.79. The number of benzene rings is 2. The quantitative estimate of drug-likeness (QED) is 0.913. The molecule has 2 N–H and O–H groups in total. The third-order valence-corrected chi connectivity index (χ3v) is 6.14. The molecule has 0 amide bonds. The van der Waals surface area contributed by atoms with Crippen molar-refractivity contribution in [2.45, 2.75) is 50.7 Å². The van der Waals surface area contributed by atoms with Gasteiger partial charge >= 0.3 is 0 Å². The molecule has 2 heteroatoms. The molecule has 2 heterocycles. The van der Waals surface area contributed by atoms with Crippen molar-refractivity contribution in [3.05, 3.63) is 59.7 Å². The fourth-order valence-electron chi connectivity index (χ4n) is 4.78. The first-order valence-corrected chi connectivity index (χ1v) is 9.33. The van der Waals surface area contributed by atoms with E-state index in [1.165, 1.54) is 54.4 Å². The van der Waals surface area contributed by atoms with E-state index in [1.54, 1.807) is 0 Å². The molecule has 2 aliphatic rings. The summed E-state index contributed by atoms with van der Waals surface area (Å²) in [5.74, 6) is 0.851. The molecule has 2 aromatic carbocycles. The highest BCUT2D eigenvalue weighted by Gasteiger charge is 2.38. The van der Waals surface area contributed by atoms with Gasteiger partial charge < -0.3 is 10.6 Å². The van der Waals surface area contributed by atoms with Crippen LogP contribution < -0.4 is 5.73 Å². The van der Waals surface area contributed by atoms with Crippen molar-refractivity contribution in [2.24, 2.45) is 11.7 Å². The highest BCUT2D eigenvalue weighted by atomic mass is 15.2. The van der Waals surface area contributed by atoms with Crippen molar-refractivity contribution in [1.29, 1.82) is 0 Å². The third kappa shape index (κ3) is 3.13. The van der Waals surface area contributed by atoms with Crippen molar-refractivity contribution in [3.63, 3.8) is 0 Å². The Labute approximate surface area is 145 Å². The SMILES string of the molecule is CN1C2CCC1CC(Cc1cccc(-c3cccc(CN)c3)c1)C2. The first-order chi connectivity index (χ1) is 11.7. The molecule has 0 aromatic heterocycles. The maximum atomic E-state index is 5.79. The monoisotopic (exact) mass is 320 g/mol. The lowest BCUT2D eigenvalue weighted by Gasteiger charge is -2.36. The van der Waals surface area contributed by atoms with Gasteiger partial charge in [-0.1, -0.05) is 42.5 Å². The molecule has 0 aliphatic carbocycles. The zero-order valence-corrected chi connectivity index (χ0v) is 14.6. The first kappa shape index (κ1) is 15.9. The number of rotatable bonds is 4. The van der Waals surface area contributed by atoms with Gasteiger partial charge in [-0.3, -0.25) is 0 Å². The lowest BCUT2D eigenvalue weighted by molar-refractivity contribution is 0.134. The molecular formula is C22H28N2. The van der Waals surface area contributed by atoms with Gasteiger partial charge in [0.05, 0.1) is 0 Å². The second-order valence-electron chi connectivity index (χ2n) is 7.70. The van der Waals surface area contributed by atoms with E-state index < -0.39 is 0 Å². The lowest BCUT2D eigenvalue weighted by Crippen LogP contribution is -2.40. The van der Waals surface area contributed by atoms with Crippen LogP contribution in [0.1, 0.15) is 36.8 Å². The van der Waals surface area contributed by atoms with E-state index >= 15 is 0 Å². The van der Waals surface area contributed by atoms with Gasteiger partial charge in [0, 0.05) is 18.6 Å². The summed E-state index contributed by atoms with van der Waals surface area (Å²) < 4.78 is 0. The molecule has 0 saturated carbocycles. The number of hydrogen-bond donors (Lipinski definition) is 1. The van der Waals surface area contributed by atoms with Crippen LogP contribution in [-0.4, -0.2) is 24.0 Å². The Morgan fingerprint density at radius 1 is 0.917 bits per heavy atom. The van der Waals surface area contributed by atoms with Crippen LogP contribution in [0, 0.1) is 5.92 Å². The molecule has 126 valence electrons. The van der Waals surface area contributed by atoms with E-state index in [0.29, 0.717) is 6.54 Å². The summed E-state index contributed by atoms with van der Waals surface area (Å²) in [5.41, 5.74) is 11.1. The fraction of sp³-hybridized carbons (Fsp3) is 0.455. The van der Waals surface area contributed by atoms with E-state index in [9.17, 15) is 0 Å². The molecule has 2 nitrogen and oxygen atoms in total. The third-order valence-electron chi connectivity index (χ3n) is 6.14. The predicted octanol–water partition coefficient (Wildman–Crippen LogP) is 4.23. The smallest absolute Gasteiger partial charge is 0.0178 e. The number of hydrogen-bond acceptors (Lipinski definition) is 2. The molecule has 2 aromatic rings. The zero-order valence-electron chi connectivity index (χ0n) is 14.6. The Morgan fingerprint density at radius 2 is 1.50 bits per heavy atom. The van der Waals surface area contributed by atoms with Gasteiger partial charge in [0.15, 0.2) is 0 Å². The Bertz CT molecular complexity index is 695. The number of piperidine rings is 1. The number of nitrogens with zero attached hydrogens (tertiary/aromatic N) is 1. The molecule has 4 rings (SSSR count). The molecule has 2 fully saturated rings. The van der Waals surface area contributed by atoms with E-state index in [4.69, 9.17) is 5.73 Å². The molecule has 2 saturated heterocycles. The maximum absolute atomic E-state index is 5.79. The largest absolute Gasteiger partial charge is 0.326 e. The van der Waals surface area contributed by atoms with Gasteiger partial charge in [-0.05, 0) is 73.4 Å². The Morgan fingerprint density at radius 3 is 2.12 bits per heavy atom. The van der Waals surface area contributed by atoms with Crippen LogP contribution in [-0.2, 0) is 13.0 Å². The predicted molar refractivity (Wildman–Crippen MR) is 101 cm³/mol. The van der Waals surface area contributed by atoms with Gasteiger partial charge in [0.1, 0.15) is 0 Å². The summed E-state index contributed by atoms with van der Waals surface area (Å²) in [5, 5.41) is 0. The number of fused-ring (bicyclic) bond motifs is 2. The molecule has 0 radical (unpaired) electrons. The van der Waals surface area contributed by atoms with Crippen LogP contribution in [0.2, 0.25) is 0 Å². The standard InChI is InChI=1S/C22H28N2/c1-24-21-8-9-22(24)14-18(13-21)10-16-4-2-6-19(11-16)20-7-3-5-17(12-20)15-23/h2-7,11-12,18,21-22H,8-10,13-15,23H2,1H3. The molecule has 2 atom stereocenters. The highest BCUT2D eigenvalue weighted by molar-refractivity contribution is 5.65. The van der Waals surface area contributed by atoms with E-state index in [2.05, 4.69) is 60.5 Å². The second kappa shape index (κ2) is 6.70. The molecule has 2 unspecified atom stereocenters. The molecular weight excluding hydrogens is 292 g/mol. The zero-order chi connectivity index (χ0) is 16.5. The lowest BCUT2D eigenvalue weighted by atomic mass is 9.85. The fourth-order valence-corrected chi connectivity index (χ4v) is 4.78. The summed E-state index contributed by atoms with van der Waals surface area (Å²) in [6.45, 7) is 0.603. The van der Waals surface area contributed by atoms with Gasteiger partial charge in [-0.15, -0.1) is 0 Å². The van der Waals surface area contributed by atoms with Crippen LogP contribution in [0.5, 0.6) is 0 Å². The summed E-state index contributed by atoms with van der Waals surface area (Å²) in [7, 11) is 2.32. The summed E-state index contributed by atoms with van der Waals surface area (Å²) in [4.78, 5) is 2.63. The Hall–Kier alpha value is -1.64. The van der Waals surface area contributed by atoms with Gasteiger partial charge in [0.2, 0.25) is 0 Å². The van der Waals surface area contributed by atoms with Crippen molar-refractivity contribution in [3.8, 4) is 11.1 Å². The first-order valence-electron chi connectivity index (χ1n) is 9.33. The number of nitrogens with two attached hydrogens (primary N) is 1. The molecule has 2 aliphatic heterocycles. The Balaban J connectivity index is 1.51. The van der Waals surface area contributed by atoms with Gasteiger partial charge in [0.25, 0.3) is 0 Å². The minimum atomic E-state index is 0.603. The van der Waals surface area contributed by atoms with Gasteiger partial charge in [-0.2, -0.15) is 0 Å². The average Bonchev–Trinajstić information content (AvgIpc) is 2.83. The summed E-state index contributed by atoms with van der Waals surface area (Å²) in [6, 6.07) is 19.4. The topological polar surface area (TPSA) is 29.3 Å². The van der Waals surface area contributed by atoms with Crippen LogP contribution in [0.4, 0.5) is 0 Å². The van der Waals surface area contributed by atoms with Crippen molar-refractivity contribution in [1.82, 2.24) is 4.90 Å².